The number of aliphatic hydroxyl groups excluding tert-OH is 1. The van der Waals surface area contributed by atoms with Gasteiger partial charge in [-0.25, -0.2) is 0 Å². The highest BCUT2D eigenvalue weighted by Crippen LogP contribution is 2.34. The highest BCUT2D eigenvalue weighted by Gasteiger charge is 2.33. The van der Waals surface area contributed by atoms with E-state index in [1.807, 2.05) is 0 Å². The third-order valence-electron chi connectivity index (χ3n) is 4.77. The molecular formula is C15H25N3O3. The van der Waals surface area contributed by atoms with E-state index in [0.29, 0.717) is 32.0 Å². The van der Waals surface area contributed by atoms with Gasteiger partial charge in [0.2, 0.25) is 0 Å². The second-order valence-electron chi connectivity index (χ2n) is 6.54. The number of hydrogen-bond donors (Lipinski definition) is 2. The lowest BCUT2D eigenvalue weighted by Gasteiger charge is -2.33. The molecule has 0 amide bonds. The number of aliphatic hydroxyl groups is 2. The van der Waals surface area contributed by atoms with Crippen molar-refractivity contribution in [2.24, 2.45) is 5.92 Å². The van der Waals surface area contributed by atoms with Crippen LogP contribution >= 0.6 is 0 Å². The molecule has 0 radical (unpaired) electrons. The van der Waals surface area contributed by atoms with Crippen molar-refractivity contribution in [3.05, 3.63) is 12.2 Å². The monoisotopic (exact) mass is 295 g/mol. The maximum absolute atomic E-state index is 10.6. The average Bonchev–Trinajstić information content (AvgIpc) is 2.95. The second kappa shape index (κ2) is 6.42. The van der Waals surface area contributed by atoms with Gasteiger partial charge < -0.3 is 19.5 Å². The van der Waals surface area contributed by atoms with Gasteiger partial charge in [0.15, 0.2) is 5.82 Å². The van der Waals surface area contributed by atoms with Gasteiger partial charge >= 0.3 is 0 Å². The van der Waals surface area contributed by atoms with E-state index in [0.717, 1.165) is 19.3 Å². The van der Waals surface area contributed by atoms with Gasteiger partial charge in [-0.1, -0.05) is 19.3 Å². The van der Waals surface area contributed by atoms with Gasteiger partial charge in [-0.3, -0.25) is 0 Å². The summed E-state index contributed by atoms with van der Waals surface area (Å²) in [6, 6.07) is 0. The van der Waals surface area contributed by atoms with E-state index >= 15 is 0 Å². The molecule has 21 heavy (non-hydrogen) atoms. The number of ether oxygens (including phenoxy) is 1. The summed E-state index contributed by atoms with van der Waals surface area (Å²) in [6.07, 6.45) is 8.29. The fourth-order valence-electron chi connectivity index (χ4n) is 3.55. The van der Waals surface area contributed by atoms with Crippen molar-refractivity contribution in [3.8, 4) is 0 Å². The Morgan fingerprint density at radius 3 is 2.86 bits per heavy atom. The third-order valence-corrected chi connectivity index (χ3v) is 4.77. The number of rotatable bonds is 4. The molecule has 2 unspecified atom stereocenters. The Morgan fingerprint density at radius 1 is 1.33 bits per heavy atom. The Morgan fingerprint density at radius 2 is 2.14 bits per heavy atom. The van der Waals surface area contributed by atoms with E-state index < -0.39 is 11.7 Å². The molecule has 2 N–H and O–H groups in total. The Bertz CT molecular complexity index is 451. The topological polar surface area (TPSA) is 80.4 Å². The Hall–Kier alpha value is -0.980. The van der Waals surface area contributed by atoms with Crippen LogP contribution in [0.25, 0.3) is 0 Å². The van der Waals surface area contributed by atoms with Crippen molar-refractivity contribution in [2.75, 3.05) is 13.2 Å². The van der Waals surface area contributed by atoms with Crippen molar-refractivity contribution >= 4 is 0 Å². The summed E-state index contributed by atoms with van der Waals surface area (Å²) >= 11 is 0. The molecule has 118 valence electrons. The van der Waals surface area contributed by atoms with Crippen LogP contribution in [-0.2, 0) is 11.3 Å². The fraction of sp³-hybridized carbons (Fsp3) is 0.867. The first-order valence-electron chi connectivity index (χ1n) is 8.04. The quantitative estimate of drug-likeness (QED) is 0.878. The van der Waals surface area contributed by atoms with Crippen molar-refractivity contribution in [3.63, 3.8) is 0 Å². The predicted molar refractivity (Wildman–Crippen MR) is 76.6 cm³/mol. The summed E-state index contributed by atoms with van der Waals surface area (Å²) in [6.45, 7) is 1.44. The minimum atomic E-state index is -0.873. The van der Waals surface area contributed by atoms with Crippen LogP contribution in [-0.4, -0.2) is 43.8 Å². The first kappa shape index (κ1) is 14.9. The zero-order chi connectivity index (χ0) is 14.7. The van der Waals surface area contributed by atoms with E-state index in [1.54, 1.807) is 10.9 Å². The lowest BCUT2D eigenvalue weighted by atomic mass is 9.85. The molecule has 3 rings (SSSR count). The van der Waals surface area contributed by atoms with Crippen molar-refractivity contribution in [1.82, 2.24) is 14.8 Å². The van der Waals surface area contributed by atoms with E-state index in [4.69, 9.17) is 4.74 Å². The second-order valence-corrected chi connectivity index (χ2v) is 6.54. The smallest absolute Gasteiger partial charge is 0.162 e. The van der Waals surface area contributed by atoms with Gasteiger partial charge in [0.05, 0.1) is 13.2 Å². The van der Waals surface area contributed by atoms with Gasteiger partial charge in [0.1, 0.15) is 18.0 Å². The van der Waals surface area contributed by atoms with Crippen LogP contribution in [0, 0.1) is 5.92 Å². The predicted octanol–water partition coefficient (Wildman–Crippen LogP) is 1.43. The minimum Gasteiger partial charge on any atom is -0.386 e. The summed E-state index contributed by atoms with van der Waals surface area (Å²) in [5, 5.41) is 29.2. The Balaban J connectivity index is 1.70. The molecule has 0 bridgehead atoms. The molecule has 2 atom stereocenters. The molecule has 6 heteroatoms. The van der Waals surface area contributed by atoms with Gasteiger partial charge in [0.25, 0.3) is 0 Å². The van der Waals surface area contributed by atoms with Crippen LogP contribution in [0.1, 0.15) is 56.9 Å². The molecule has 2 heterocycles. The molecule has 1 aliphatic heterocycles. The van der Waals surface area contributed by atoms with Crippen LogP contribution in [0.3, 0.4) is 0 Å². The molecule has 2 aliphatic rings. The molecule has 1 aliphatic carbocycles. The SMILES string of the molecule is OC(c1nncn1CC1(O)CCCOC1)C1CCCCC1. The maximum Gasteiger partial charge on any atom is 0.162 e. The number of aromatic nitrogens is 3. The first-order valence-corrected chi connectivity index (χ1v) is 8.04. The average molecular weight is 295 g/mol. The zero-order valence-electron chi connectivity index (χ0n) is 12.4. The highest BCUT2D eigenvalue weighted by atomic mass is 16.5. The highest BCUT2D eigenvalue weighted by molar-refractivity contribution is 4.97. The molecule has 6 nitrogen and oxygen atoms in total. The molecule has 1 aromatic rings. The summed E-state index contributed by atoms with van der Waals surface area (Å²) in [5.74, 6) is 0.847. The molecule has 0 spiro atoms. The van der Waals surface area contributed by atoms with E-state index in [-0.39, 0.29) is 5.92 Å². The number of nitrogens with zero attached hydrogens (tertiary/aromatic N) is 3. The maximum atomic E-state index is 10.6. The summed E-state index contributed by atoms with van der Waals surface area (Å²) in [5.41, 5.74) is -0.873. The van der Waals surface area contributed by atoms with E-state index in [9.17, 15) is 10.2 Å². The lowest BCUT2D eigenvalue weighted by Crippen LogP contribution is -2.43. The standard InChI is InChI=1S/C15H25N3O3/c19-13(12-5-2-1-3-6-12)14-17-16-11-18(14)9-15(20)7-4-8-21-10-15/h11-13,19-20H,1-10H2. The van der Waals surface area contributed by atoms with Crippen LogP contribution < -0.4 is 0 Å². The van der Waals surface area contributed by atoms with Crippen LogP contribution in [0.15, 0.2) is 6.33 Å². The van der Waals surface area contributed by atoms with Crippen molar-refractivity contribution in [2.45, 2.75) is 63.2 Å². The third kappa shape index (κ3) is 3.44. The van der Waals surface area contributed by atoms with Crippen LogP contribution in [0.5, 0.6) is 0 Å². The van der Waals surface area contributed by atoms with Crippen molar-refractivity contribution < 1.29 is 14.9 Å². The largest absolute Gasteiger partial charge is 0.386 e. The van der Waals surface area contributed by atoms with Gasteiger partial charge in [-0.15, -0.1) is 10.2 Å². The van der Waals surface area contributed by atoms with Gasteiger partial charge in [-0.2, -0.15) is 0 Å². The summed E-state index contributed by atoms with van der Waals surface area (Å²) < 4.78 is 7.18. The van der Waals surface area contributed by atoms with E-state index in [1.165, 1.54) is 19.3 Å². The van der Waals surface area contributed by atoms with Crippen molar-refractivity contribution in [1.29, 1.82) is 0 Å². The first-order chi connectivity index (χ1) is 10.2. The van der Waals surface area contributed by atoms with E-state index in [2.05, 4.69) is 10.2 Å². The summed E-state index contributed by atoms with van der Waals surface area (Å²) in [4.78, 5) is 0. The lowest BCUT2D eigenvalue weighted by molar-refractivity contribution is -0.0954. The Kier molecular flexibility index (Phi) is 4.57. The minimum absolute atomic E-state index is 0.263. The Labute approximate surface area is 125 Å². The van der Waals surface area contributed by atoms with Crippen LogP contribution in [0.2, 0.25) is 0 Å². The molecule has 2 fully saturated rings. The summed E-state index contributed by atoms with van der Waals surface area (Å²) in [7, 11) is 0. The van der Waals surface area contributed by atoms with Crippen LogP contribution in [0.4, 0.5) is 0 Å². The van der Waals surface area contributed by atoms with Gasteiger partial charge in [0, 0.05) is 6.61 Å². The molecule has 0 aromatic carbocycles. The molecule has 1 saturated heterocycles. The molecule has 1 aromatic heterocycles. The molecular weight excluding hydrogens is 270 g/mol. The fourth-order valence-corrected chi connectivity index (χ4v) is 3.55. The normalized spacial score (nSPS) is 29.4. The zero-order valence-corrected chi connectivity index (χ0v) is 12.4. The van der Waals surface area contributed by atoms with Gasteiger partial charge in [-0.05, 0) is 31.6 Å². The number of hydrogen-bond acceptors (Lipinski definition) is 5. The molecule has 1 saturated carbocycles.